The predicted molar refractivity (Wildman–Crippen MR) is 99.5 cm³/mol. The minimum absolute atomic E-state index is 0.125. The van der Waals surface area contributed by atoms with Gasteiger partial charge in [-0.3, -0.25) is 9.69 Å². The molecule has 3 aromatic rings. The first-order chi connectivity index (χ1) is 12.0. The van der Waals surface area contributed by atoms with Crippen molar-refractivity contribution in [3.8, 4) is 5.75 Å². The van der Waals surface area contributed by atoms with Gasteiger partial charge >= 0.3 is 0 Å². The van der Waals surface area contributed by atoms with E-state index in [-0.39, 0.29) is 5.56 Å². The number of nitrogens with zero attached hydrogens (tertiary/aromatic N) is 4. The van der Waals surface area contributed by atoms with E-state index in [4.69, 9.17) is 4.74 Å². The normalized spacial score (nSPS) is 11.4. The zero-order chi connectivity index (χ0) is 17.8. The second kappa shape index (κ2) is 7.76. The van der Waals surface area contributed by atoms with Crippen molar-refractivity contribution >= 4 is 16.3 Å². The van der Waals surface area contributed by atoms with Crippen LogP contribution in [0.5, 0.6) is 5.75 Å². The van der Waals surface area contributed by atoms with Crippen LogP contribution in [0.2, 0.25) is 0 Å². The number of hydrogen-bond acceptors (Lipinski definition) is 6. The molecule has 0 spiro atoms. The van der Waals surface area contributed by atoms with Gasteiger partial charge in [-0.1, -0.05) is 30.4 Å². The maximum absolute atomic E-state index is 12.2. The first-order valence-electron chi connectivity index (χ1n) is 8.32. The van der Waals surface area contributed by atoms with Gasteiger partial charge in [-0.05, 0) is 38.1 Å². The molecule has 0 N–H and O–H groups in total. The molecule has 6 nitrogen and oxygen atoms in total. The van der Waals surface area contributed by atoms with Gasteiger partial charge in [0.25, 0.3) is 5.56 Å². The van der Waals surface area contributed by atoms with Crippen molar-refractivity contribution in [3.63, 3.8) is 0 Å². The van der Waals surface area contributed by atoms with Gasteiger partial charge in [0.05, 0.1) is 5.69 Å². The average molecular weight is 358 g/mol. The maximum atomic E-state index is 12.2. The maximum Gasteiger partial charge on any atom is 0.275 e. The summed E-state index contributed by atoms with van der Waals surface area (Å²) in [5.74, 6) is 0.878. The molecule has 132 valence electrons. The molecule has 0 unspecified atom stereocenters. The van der Waals surface area contributed by atoms with Gasteiger partial charge in [0, 0.05) is 19.2 Å². The van der Waals surface area contributed by atoms with Crippen LogP contribution in [0.1, 0.15) is 23.2 Å². The zero-order valence-corrected chi connectivity index (χ0v) is 15.5. The fraction of sp³-hybridized carbons (Fsp3) is 0.389. The van der Waals surface area contributed by atoms with Crippen molar-refractivity contribution in [1.29, 1.82) is 0 Å². The number of rotatable bonds is 7. The summed E-state index contributed by atoms with van der Waals surface area (Å²) < 4.78 is 7.15. The summed E-state index contributed by atoms with van der Waals surface area (Å²) >= 11 is 1.47. The number of fused-ring (bicyclic) bond motifs is 1. The first-order valence-corrected chi connectivity index (χ1v) is 9.13. The molecule has 0 aliphatic heterocycles. The van der Waals surface area contributed by atoms with E-state index in [0.717, 1.165) is 29.4 Å². The number of aromatic nitrogens is 3. The minimum atomic E-state index is -0.125. The average Bonchev–Trinajstić information content (AvgIpc) is 2.99. The molecular weight excluding hydrogens is 336 g/mol. The highest BCUT2D eigenvalue weighted by Crippen LogP contribution is 2.13. The monoisotopic (exact) mass is 358 g/mol. The van der Waals surface area contributed by atoms with Crippen molar-refractivity contribution in [2.45, 2.75) is 26.8 Å². The number of likely N-dealkylation sites (N-methyl/N-ethyl adjacent to an activating group) is 1. The topological polar surface area (TPSA) is 59.7 Å². The van der Waals surface area contributed by atoms with Gasteiger partial charge < -0.3 is 4.74 Å². The van der Waals surface area contributed by atoms with Crippen LogP contribution in [0.3, 0.4) is 0 Å². The molecule has 0 atom stereocenters. The molecule has 2 aromatic heterocycles. The molecular formula is C18H22N4O2S. The Labute approximate surface area is 150 Å². The Balaban J connectivity index is 1.59. The van der Waals surface area contributed by atoms with Crippen LogP contribution in [0, 0.1) is 6.92 Å². The third-order valence-electron chi connectivity index (χ3n) is 3.81. The molecule has 3 rings (SSSR count). The first kappa shape index (κ1) is 17.6. The van der Waals surface area contributed by atoms with Crippen LogP contribution in [0.4, 0.5) is 0 Å². The molecule has 7 heteroatoms. The van der Waals surface area contributed by atoms with E-state index in [1.165, 1.54) is 21.4 Å². The summed E-state index contributed by atoms with van der Waals surface area (Å²) in [6.45, 7) is 6.00. The van der Waals surface area contributed by atoms with E-state index in [1.54, 1.807) is 6.07 Å². The van der Waals surface area contributed by atoms with Gasteiger partial charge in [-0.15, -0.1) is 0 Å². The highest BCUT2D eigenvalue weighted by Gasteiger charge is 2.09. The van der Waals surface area contributed by atoms with Crippen molar-refractivity contribution in [3.05, 3.63) is 57.0 Å². The lowest BCUT2D eigenvalue weighted by molar-refractivity contribution is 0.231. The van der Waals surface area contributed by atoms with Crippen molar-refractivity contribution in [2.75, 3.05) is 20.2 Å². The van der Waals surface area contributed by atoms with Crippen LogP contribution in [0.25, 0.3) is 4.96 Å². The quantitative estimate of drug-likeness (QED) is 0.650. The van der Waals surface area contributed by atoms with E-state index < -0.39 is 0 Å². The Morgan fingerprint density at radius 1 is 1.32 bits per heavy atom. The Bertz CT molecular complexity index is 919. The number of benzene rings is 1. The lowest BCUT2D eigenvalue weighted by atomic mass is 10.2. The van der Waals surface area contributed by atoms with Gasteiger partial charge in [0.15, 0.2) is 0 Å². The SMILES string of the molecule is CCc1nn2c(=O)cc(CN(C)CCOc3cccc(C)c3)nc2s1. The lowest BCUT2D eigenvalue weighted by Gasteiger charge is -2.16. The third kappa shape index (κ3) is 4.43. The van der Waals surface area contributed by atoms with Gasteiger partial charge in [0.2, 0.25) is 4.96 Å². The van der Waals surface area contributed by atoms with E-state index >= 15 is 0 Å². The smallest absolute Gasteiger partial charge is 0.275 e. The summed E-state index contributed by atoms with van der Waals surface area (Å²) in [5.41, 5.74) is 1.81. The summed E-state index contributed by atoms with van der Waals surface area (Å²) in [7, 11) is 1.99. The Hall–Kier alpha value is -2.25. The van der Waals surface area contributed by atoms with Gasteiger partial charge in [-0.2, -0.15) is 9.61 Å². The predicted octanol–water partition coefficient (Wildman–Crippen LogP) is 2.53. The highest BCUT2D eigenvalue weighted by atomic mass is 32.1. The summed E-state index contributed by atoms with van der Waals surface area (Å²) in [5, 5.41) is 5.19. The van der Waals surface area contributed by atoms with E-state index in [1.807, 2.05) is 45.2 Å². The summed E-state index contributed by atoms with van der Waals surface area (Å²) in [4.78, 5) is 19.5. The fourth-order valence-electron chi connectivity index (χ4n) is 2.50. The molecule has 0 radical (unpaired) electrons. The number of ether oxygens (including phenoxy) is 1. The standard InChI is InChI=1S/C18H22N4O2S/c1-4-16-20-22-17(23)11-14(19-18(22)25-16)12-21(3)8-9-24-15-7-5-6-13(2)10-15/h5-7,10-11H,4,8-9,12H2,1-3H3. The molecule has 0 bridgehead atoms. The summed E-state index contributed by atoms with van der Waals surface area (Å²) in [6, 6.07) is 9.57. The number of aryl methyl sites for hydroxylation is 2. The Morgan fingerprint density at radius 3 is 2.92 bits per heavy atom. The van der Waals surface area contributed by atoms with E-state index in [2.05, 4.69) is 15.0 Å². The molecule has 1 aromatic carbocycles. The zero-order valence-electron chi connectivity index (χ0n) is 14.7. The molecule has 0 fully saturated rings. The van der Waals surface area contributed by atoms with E-state index in [9.17, 15) is 4.79 Å². The molecule has 0 amide bonds. The molecule has 2 heterocycles. The van der Waals surface area contributed by atoms with Crippen LogP contribution in [-0.4, -0.2) is 39.7 Å². The minimum Gasteiger partial charge on any atom is -0.492 e. The van der Waals surface area contributed by atoms with Crippen LogP contribution in [-0.2, 0) is 13.0 Å². The second-order valence-electron chi connectivity index (χ2n) is 6.03. The molecule has 0 saturated heterocycles. The van der Waals surface area contributed by atoms with Crippen molar-refractivity contribution in [1.82, 2.24) is 19.5 Å². The fourth-order valence-corrected chi connectivity index (χ4v) is 3.36. The summed E-state index contributed by atoms with van der Waals surface area (Å²) in [6.07, 6.45) is 0.805. The lowest BCUT2D eigenvalue weighted by Crippen LogP contribution is -2.26. The van der Waals surface area contributed by atoms with E-state index in [0.29, 0.717) is 18.1 Å². The van der Waals surface area contributed by atoms with Crippen molar-refractivity contribution < 1.29 is 4.74 Å². The van der Waals surface area contributed by atoms with Crippen LogP contribution >= 0.6 is 11.3 Å². The number of hydrogen-bond donors (Lipinski definition) is 0. The van der Waals surface area contributed by atoms with Gasteiger partial charge in [-0.25, -0.2) is 4.98 Å². The van der Waals surface area contributed by atoms with Crippen molar-refractivity contribution in [2.24, 2.45) is 0 Å². The Kier molecular flexibility index (Phi) is 5.45. The molecule has 0 aliphatic rings. The van der Waals surface area contributed by atoms with Crippen LogP contribution in [0.15, 0.2) is 35.1 Å². The van der Waals surface area contributed by atoms with Crippen LogP contribution < -0.4 is 10.3 Å². The third-order valence-corrected chi connectivity index (χ3v) is 4.86. The van der Waals surface area contributed by atoms with Gasteiger partial charge in [0.1, 0.15) is 17.4 Å². The second-order valence-corrected chi connectivity index (χ2v) is 7.07. The molecule has 0 aliphatic carbocycles. The largest absolute Gasteiger partial charge is 0.492 e. The molecule has 25 heavy (non-hydrogen) atoms. The highest BCUT2D eigenvalue weighted by molar-refractivity contribution is 7.16. The molecule has 0 saturated carbocycles. The Morgan fingerprint density at radius 2 is 2.16 bits per heavy atom.